The summed E-state index contributed by atoms with van der Waals surface area (Å²) in [6, 6.07) is 12.9. The zero-order chi connectivity index (χ0) is 14.7. The number of anilines is 2. The zero-order valence-electron chi connectivity index (χ0n) is 10.9. The van der Waals surface area contributed by atoms with E-state index in [0.717, 1.165) is 14.6 Å². The van der Waals surface area contributed by atoms with Gasteiger partial charge in [-0.3, -0.25) is 4.79 Å². The smallest absolute Gasteiger partial charge is 0.259 e. The average Bonchev–Trinajstić information content (AvgIpc) is 2.44. The van der Waals surface area contributed by atoms with Crippen molar-refractivity contribution in [3.8, 4) is 0 Å². The summed E-state index contributed by atoms with van der Waals surface area (Å²) in [5.41, 5.74) is 7.89. The molecule has 0 heterocycles. The number of halogens is 2. The number of para-hydroxylation sites is 2. The van der Waals surface area contributed by atoms with E-state index < -0.39 is 0 Å². The lowest BCUT2D eigenvalue weighted by Crippen LogP contribution is -2.31. The van der Waals surface area contributed by atoms with Crippen LogP contribution in [-0.2, 0) is 0 Å². The van der Waals surface area contributed by atoms with Gasteiger partial charge in [-0.15, -0.1) is 0 Å². The Bertz CT molecular complexity index is 644. The number of nitrogen functional groups attached to an aromatic ring is 1. The summed E-state index contributed by atoms with van der Waals surface area (Å²) in [6.07, 6.45) is 0. The van der Waals surface area contributed by atoms with Crippen LogP contribution in [0.4, 0.5) is 11.4 Å². The molecule has 0 aliphatic rings. The van der Waals surface area contributed by atoms with Gasteiger partial charge in [-0.1, -0.05) is 28.1 Å². The van der Waals surface area contributed by atoms with E-state index in [1.165, 1.54) is 0 Å². The van der Waals surface area contributed by atoms with Gasteiger partial charge in [0.15, 0.2) is 0 Å². The van der Waals surface area contributed by atoms with Gasteiger partial charge < -0.3 is 10.6 Å². The number of carbonyl (C=O) groups excluding carboxylic acids is 1. The molecule has 1 amide bonds. The van der Waals surface area contributed by atoms with Gasteiger partial charge in [0.25, 0.3) is 5.91 Å². The topological polar surface area (TPSA) is 46.3 Å². The molecule has 0 unspecified atom stereocenters. The largest absolute Gasteiger partial charge is 0.397 e. The maximum Gasteiger partial charge on any atom is 0.259 e. The Morgan fingerprint density at radius 1 is 1.20 bits per heavy atom. The number of rotatable bonds is 3. The molecule has 2 aromatic rings. The molecule has 0 radical (unpaired) electrons. The number of nitrogens with zero attached hydrogens (tertiary/aromatic N) is 1. The van der Waals surface area contributed by atoms with Gasteiger partial charge in [0.05, 0.1) is 16.9 Å². The molecule has 0 aromatic heterocycles. The van der Waals surface area contributed by atoms with Crippen LogP contribution in [0.2, 0.25) is 0 Å². The standard InChI is InChI=1S/C15H14Br2N2O/c1-2-19(14-6-4-3-5-13(14)18)15(20)11-9-10(16)7-8-12(11)17/h3-9H,2,18H2,1H3. The highest BCUT2D eigenvalue weighted by molar-refractivity contribution is 9.11. The second-order valence-corrected chi connectivity index (χ2v) is 6.00. The molecule has 2 rings (SSSR count). The molecule has 0 fully saturated rings. The van der Waals surface area contributed by atoms with Crippen LogP contribution in [0.25, 0.3) is 0 Å². The number of nitrogens with two attached hydrogens (primary N) is 1. The molecule has 0 aliphatic heterocycles. The minimum Gasteiger partial charge on any atom is -0.397 e. The van der Waals surface area contributed by atoms with Crippen molar-refractivity contribution in [3.05, 3.63) is 57.0 Å². The summed E-state index contributed by atoms with van der Waals surface area (Å²) >= 11 is 6.81. The molecule has 0 atom stereocenters. The van der Waals surface area contributed by atoms with Crippen LogP contribution in [-0.4, -0.2) is 12.5 Å². The summed E-state index contributed by atoms with van der Waals surface area (Å²) in [5.74, 6) is -0.0847. The fraction of sp³-hybridized carbons (Fsp3) is 0.133. The predicted molar refractivity (Wildman–Crippen MR) is 90.0 cm³/mol. The van der Waals surface area contributed by atoms with Crippen LogP contribution >= 0.6 is 31.9 Å². The fourth-order valence-electron chi connectivity index (χ4n) is 1.96. The Balaban J connectivity index is 2.45. The van der Waals surface area contributed by atoms with Gasteiger partial charge in [-0.05, 0) is 53.2 Å². The third-order valence-electron chi connectivity index (χ3n) is 2.95. The molecular weight excluding hydrogens is 384 g/mol. The summed E-state index contributed by atoms with van der Waals surface area (Å²) in [6.45, 7) is 2.47. The van der Waals surface area contributed by atoms with Crippen LogP contribution in [0.15, 0.2) is 51.4 Å². The lowest BCUT2D eigenvalue weighted by atomic mass is 10.1. The first-order chi connectivity index (χ1) is 9.54. The summed E-state index contributed by atoms with van der Waals surface area (Å²) < 4.78 is 1.62. The Morgan fingerprint density at radius 2 is 1.90 bits per heavy atom. The SMILES string of the molecule is CCN(C(=O)c1cc(Br)ccc1Br)c1ccccc1N. The molecule has 3 nitrogen and oxygen atoms in total. The Hall–Kier alpha value is -1.33. The minimum atomic E-state index is -0.0847. The monoisotopic (exact) mass is 396 g/mol. The third kappa shape index (κ3) is 3.04. The average molecular weight is 398 g/mol. The van der Waals surface area contributed by atoms with E-state index in [1.54, 1.807) is 17.0 Å². The second-order valence-electron chi connectivity index (χ2n) is 4.23. The van der Waals surface area contributed by atoms with Crippen molar-refractivity contribution in [1.29, 1.82) is 0 Å². The lowest BCUT2D eigenvalue weighted by molar-refractivity contribution is 0.0987. The maximum absolute atomic E-state index is 12.7. The van der Waals surface area contributed by atoms with E-state index in [2.05, 4.69) is 31.9 Å². The summed E-state index contributed by atoms with van der Waals surface area (Å²) in [5, 5.41) is 0. The van der Waals surface area contributed by atoms with E-state index in [0.29, 0.717) is 17.8 Å². The fourth-order valence-corrected chi connectivity index (χ4v) is 2.74. The number of benzene rings is 2. The van der Waals surface area contributed by atoms with Crippen LogP contribution in [0.5, 0.6) is 0 Å². The zero-order valence-corrected chi connectivity index (χ0v) is 14.1. The Kier molecular flexibility index (Phi) is 4.83. The molecular formula is C15H14Br2N2O. The van der Waals surface area contributed by atoms with Crippen LogP contribution in [0.3, 0.4) is 0 Å². The van der Waals surface area contributed by atoms with Gasteiger partial charge >= 0.3 is 0 Å². The van der Waals surface area contributed by atoms with Gasteiger partial charge in [0, 0.05) is 15.5 Å². The molecule has 2 N–H and O–H groups in total. The molecule has 20 heavy (non-hydrogen) atoms. The first-order valence-corrected chi connectivity index (χ1v) is 7.74. The lowest BCUT2D eigenvalue weighted by Gasteiger charge is -2.23. The molecule has 0 saturated carbocycles. The molecule has 5 heteroatoms. The molecule has 0 bridgehead atoms. The van der Waals surface area contributed by atoms with Gasteiger partial charge in [0.2, 0.25) is 0 Å². The molecule has 0 aliphatic carbocycles. The van der Waals surface area contributed by atoms with Crippen molar-refractivity contribution in [2.75, 3.05) is 17.2 Å². The van der Waals surface area contributed by atoms with E-state index in [4.69, 9.17) is 5.73 Å². The van der Waals surface area contributed by atoms with Crippen molar-refractivity contribution >= 4 is 49.1 Å². The van der Waals surface area contributed by atoms with Crippen molar-refractivity contribution in [3.63, 3.8) is 0 Å². The van der Waals surface area contributed by atoms with E-state index in [9.17, 15) is 4.79 Å². The quantitative estimate of drug-likeness (QED) is 0.777. The van der Waals surface area contributed by atoms with Gasteiger partial charge in [0.1, 0.15) is 0 Å². The highest BCUT2D eigenvalue weighted by Gasteiger charge is 2.20. The Morgan fingerprint density at radius 3 is 2.55 bits per heavy atom. The normalized spacial score (nSPS) is 10.3. The van der Waals surface area contributed by atoms with Gasteiger partial charge in [-0.25, -0.2) is 0 Å². The third-order valence-corrected chi connectivity index (χ3v) is 4.13. The maximum atomic E-state index is 12.7. The number of carbonyl (C=O) groups is 1. The van der Waals surface area contributed by atoms with Crippen molar-refractivity contribution in [2.45, 2.75) is 6.92 Å². The minimum absolute atomic E-state index is 0.0847. The van der Waals surface area contributed by atoms with E-state index in [-0.39, 0.29) is 5.91 Å². The van der Waals surface area contributed by atoms with E-state index in [1.807, 2.05) is 37.3 Å². The number of hydrogen-bond acceptors (Lipinski definition) is 2. The number of amides is 1. The Labute approximate surface area is 135 Å². The predicted octanol–water partition coefficient (Wildman–Crippen LogP) is 4.46. The van der Waals surface area contributed by atoms with E-state index >= 15 is 0 Å². The van der Waals surface area contributed by atoms with Gasteiger partial charge in [-0.2, -0.15) is 0 Å². The molecule has 104 valence electrons. The molecule has 0 spiro atoms. The van der Waals surface area contributed by atoms with Crippen molar-refractivity contribution in [2.24, 2.45) is 0 Å². The van der Waals surface area contributed by atoms with Crippen LogP contribution in [0, 0.1) is 0 Å². The van der Waals surface area contributed by atoms with Crippen molar-refractivity contribution in [1.82, 2.24) is 0 Å². The summed E-state index contributed by atoms with van der Waals surface area (Å²) in [4.78, 5) is 14.4. The van der Waals surface area contributed by atoms with Crippen molar-refractivity contribution < 1.29 is 4.79 Å². The highest BCUT2D eigenvalue weighted by atomic mass is 79.9. The van der Waals surface area contributed by atoms with Crippen LogP contribution < -0.4 is 10.6 Å². The first kappa shape index (κ1) is 15.1. The molecule has 0 saturated heterocycles. The number of hydrogen-bond donors (Lipinski definition) is 1. The first-order valence-electron chi connectivity index (χ1n) is 6.16. The highest BCUT2D eigenvalue weighted by Crippen LogP contribution is 2.28. The summed E-state index contributed by atoms with van der Waals surface area (Å²) in [7, 11) is 0. The van der Waals surface area contributed by atoms with Crippen LogP contribution in [0.1, 0.15) is 17.3 Å². The molecule has 2 aromatic carbocycles. The second kappa shape index (κ2) is 6.41.